The largest absolute Gasteiger partial charge is 0.424 e. The van der Waals surface area contributed by atoms with Gasteiger partial charge in [-0.3, -0.25) is 0 Å². The SMILES string of the molecule is CCC(CO)n1cnc(-c2ccc(F)cc2)c1-c1ccnc(Oc2ccccc2)n1. The number of aliphatic hydroxyl groups excluding tert-OH is 1. The van der Waals surface area contributed by atoms with E-state index >= 15 is 0 Å². The molecule has 0 saturated carbocycles. The molecular formula is C23H21FN4O2. The van der Waals surface area contributed by atoms with E-state index in [4.69, 9.17) is 4.74 Å². The van der Waals surface area contributed by atoms with Crippen molar-refractivity contribution in [1.29, 1.82) is 0 Å². The molecule has 1 N–H and O–H groups in total. The molecule has 0 fully saturated rings. The van der Waals surface area contributed by atoms with Gasteiger partial charge in [-0.05, 0) is 48.9 Å². The second-order valence-electron chi connectivity index (χ2n) is 6.74. The molecule has 1 unspecified atom stereocenters. The quantitative estimate of drug-likeness (QED) is 0.475. The highest BCUT2D eigenvalue weighted by atomic mass is 19.1. The third-order valence-corrected chi connectivity index (χ3v) is 4.82. The maximum Gasteiger partial charge on any atom is 0.322 e. The van der Waals surface area contributed by atoms with Crippen LogP contribution in [0.1, 0.15) is 19.4 Å². The van der Waals surface area contributed by atoms with Gasteiger partial charge >= 0.3 is 6.01 Å². The van der Waals surface area contributed by atoms with Gasteiger partial charge in [-0.2, -0.15) is 4.98 Å². The van der Waals surface area contributed by atoms with Crippen molar-refractivity contribution < 1.29 is 14.2 Å². The van der Waals surface area contributed by atoms with E-state index in [0.29, 0.717) is 29.3 Å². The summed E-state index contributed by atoms with van der Waals surface area (Å²) in [6.45, 7) is 1.95. The van der Waals surface area contributed by atoms with Gasteiger partial charge in [0.2, 0.25) is 0 Å². The summed E-state index contributed by atoms with van der Waals surface area (Å²) in [5.41, 5.74) is 2.70. The van der Waals surface area contributed by atoms with Gasteiger partial charge in [-0.15, -0.1) is 0 Å². The number of hydrogen-bond donors (Lipinski definition) is 1. The molecule has 2 heterocycles. The van der Waals surface area contributed by atoms with E-state index in [-0.39, 0.29) is 24.5 Å². The third kappa shape index (κ3) is 4.06. The Morgan fingerprint density at radius 1 is 1.03 bits per heavy atom. The van der Waals surface area contributed by atoms with Crippen LogP contribution < -0.4 is 4.74 Å². The van der Waals surface area contributed by atoms with Crippen LogP contribution >= 0.6 is 0 Å². The zero-order valence-electron chi connectivity index (χ0n) is 16.4. The van der Waals surface area contributed by atoms with Crippen molar-refractivity contribution in [3.63, 3.8) is 0 Å². The molecule has 7 heteroatoms. The van der Waals surface area contributed by atoms with Gasteiger partial charge in [-0.25, -0.2) is 14.4 Å². The van der Waals surface area contributed by atoms with E-state index < -0.39 is 0 Å². The van der Waals surface area contributed by atoms with Gasteiger partial charge in [0.15, 0.2) is 0 Å². The lowest BCUT2D eigenvalue weighted by Gasteiger charge is -2.18. The molecule has 0 aliphatic heterocycles. The first-order chi connectivity index (χ1) is 14.7. The molecule has 2 aromatic carbocycles. The van der Waals surface area contributed by atoms with Crippen LogP contribution in [0.25, 0.3) is 22.6 Å². The Bertz CT molecular complexity index is 1110. The van der Waals surface area contributed by atoms with Gasteiger partial charge in [0.1, 0.15) is 11.6 Å². The smallest absolute Gasteiger partial charge is 0.322 e. The highest BCUT2D eigenvalue weighted by molar-refractivity contribution is 5.77. The molecule has 1 atom stereocenters. The maximum atomic E-state index is 13.4. The van der Waals surface area contributed by atoms with E-state index in [1.165, 1.54) is 12.1 Å². The first-order valence-corrected chi connectivity index (χ1v) is 9.69. The molecule has 0 spiro atoms. The highest BCUT2D eigenvalue weighted by Crippen LogP contribution is 2.33. The Morgan fingerprint density at radius 3 is 2.50 bits per heavy atom. The second kappa shape index (κ2) is 8.84. The number of benzene rings is 2. The fraction of sp³-hybridized carbons (Fsp3) is 0.174. The summed E-state index contributed by atoms with van der Waals surface area (Å²) in [6.07, 6.45) is 4.01. The summed E-state index contributed by atoms with van der Waals surface area (Å²) in [4.78, 5) is 13.3. The summed E-state index contributed by atoms with van der Waals surface area (Å²) < 4.78 is 21.1. The first kappa shape index (κ1) is 19.7. The lowest BCUT2D eigenvalue weighted by Crippen LogP contribution is -2.13. The molecule has 0 amide bonds. The van der Waals surface area contributed by atoms with E-state index in [1.54, 1.807) is 30.7 Å². The first-order valence-electron chi connectivity index (χ1n) is 9.69. The van der Waals surface area contributed by atoms with Crippen LogP contribution in [0, 0.1) is 5.82 Å². The molecule has 2 aromatic heterocycles. The summed E-state index contributed by atoms with van der Waals surface area (Å²) in [5, 5.41) is 9.86. The Hall–Kier alpha value is -3.58. The molecule has 4 rings (SSSR count). The van der Waals surface area contributed by atoms with Crippen LogP contribution in [0.15, 0.2) is 73.2 Å². The number of nitrogens with zero attached hydrogens (tertiary/aromatic N) is 4. The van der Waals surface area contributed by atoms with Gasteiger partial charge < -0.3 is 14.4 Å². The summed E-state index contributed by atoms with van der Waals surface area (Å²) in [5.74, 6) is 0.311. The molecule has 0 bridgehead atoms. The fourth-order valence-corrected chi connectivity index (χ4v) is 3.24. The minimum absolute atomic E-state index is 0.0405. The lowest BCUT2D eigenvalue weighted by atomic mass is 10.1. The van der Waals surface area contributed by atoms with Crippen LogP contribution in [0.4, 0.5) is 4.39 Å². The zero-order chi connectivity index (χ0) is 20.9. The molecule has 0 aliphatic carbocycles. The molecule has 0 radical (unpaired) electrons. The number of aliphatic hydroxyl groups is 1. The Labute approximate surface area is 173 Å². The molecule has 30 heavy (non-hydrogen) atoms. The van der Waals surface area contributed by atoms with Gasteiger partial charge in [-0.1, -0.05) is 25.1 Å². The van der Waals surface area contributed by atoms with Gasteiger partial charge in [0, 0.05) is 11.8 Å². The number of aromatic nitrogens is 4. The topological polar surface area (TPSA) is 73.1 Å². The minimum Gasteiger partial charge on any atom is -0.424 e. The van der Waals surface area contributed by atoms with Crippen molar-refractivity contribution in [1.82, 2.24) is 19.5 Å². The van der Waals surface area contributed by atoms with Crippen molar-refractivity contribution in [2.24, 2.45) is 0 Å². The van der Waals surface area contributed by atoms with Crippen molar-refractivity contribution in [3.8, 4) is 34.4 Å². The third-order valence-electron chi connectivity index (χ3n) is 4.82. The Kier molecular flexibility index (Phi) is 5.81. The van der Waals surface area contributed by atoms with E-state index in [9.17, 15) is 9.50 Å². The molecule has 152 valence electrons. The van der Waals surface area contributed by atoms with Crippen molar-refractivity contribution in [3.05, 3.63) is 79.0 Å². The lowest BCUT2D eigenvalue weighted by molar-refractivity contribution is 0.225. The zero-order valence-corrected chi connectivity index (χ0v) is 16.4. The van der Waals surface area contributed by atoms with E-state index in [1.807, 2.05) is 41.8 Å². The average molecular weight is 404 g/mol. The van der Waals surface area contributed by atoms with Crippen molar-refractivity contribution >= 4 is 0 Å². The minimum atomic E-state index is -0.317. The summed E-state index contributed by atoms with van der Waals surface area (Å²) in [7, 11) is 0. The summed E-state index contributed by atoms with van der Waals surface area (Å²) in [6, 6.07) is 17.2. The van der Waals surface area contributed by atoms with E-state index in [0.717, 1.165) is 5.56 Å². The monoisotopic (exact) mass is 404 g/mol. The normalized spacial score (nSPS) is 12.0. The van der Waals surface area contributed by atoms with Crippen molar-refractivity contribution in [2.45, 2.75) is 19.4 Å². The number of halogens is 1. The van der Waals surface area contributed by atoms with Crippen LogP contribution in [-0.4, -0.2) is 31.2 Å². The number of imidazole rings is 1. The van der Waals surface area contributed by atoms with Crippen molar-refractivity contribution in [2.75, 3.05) is 6.61 Å². The van der Waals surface area contributed by atoms with Crippen LogP contribution in [0.2, 0.25) is 0 Å². The molecular weight excluding hydrogens is 383 g/mol. The average Bonchev–Trinajstić information content (AvgIpc) is 3.21. The number of para-hydroxylation sites is 1. The van der Waals surface area contributed by atoms with E-state index in [2.05, 4.69) is 15.0 Å². The van der Waals surface area contributed by atoms with Crippen LogP contribution in [0.3, 0.4) is 0 Å². The number of rotatable bonds is 7. The number of ether oxygens (including phenoxy) is 1. The predicted octanol–water partition coefficient (Wildman–Crippen LogP) is 4.88. The summed E-state index contributed by atoms with van der Waals surface area (Å²) >= 11 is 0. The van der Waals surface area contributed by atoms with Gasteiger partial charge in [0.05, 0.1) is 36.1 Å². The Morgan fingerprint density at radius 2 is 1.80 bits per heavy atom. The molecule has 0 saturated heterocycles. The molecule has 4 aromatic rings. The standard InChI is InChI=1S/C23H21FN4O2/c1-2-18(14-29)28-15-26-21(16-8-10-17(24)11-9-16)22(28)20-12-13-25-23(27-20)30-19-6-4-3-5-7-19/h3-13,15,18,29H,2,14H2,1H3. The van der Waals surface area contributed by atoms with Crippen LogP contribution in [0.5, 0.6) is 11.8 Å². The molecule has 0 aliphatic rings. The van der Waals surface area contributed by atoms with Gasteiger partial charge in [0.25, 0.3) is 0 Å². The fourth-order valence-electron chi connectivity index (χ4n) is 3.24. The highest BCUT2D eigenvalue weighted by Gasteiger charge is 2.21. The Balaban J connectivity index is 1.81. The molecule has 6 nitrogen and oxygen atoms in total. The number of hydrogen-bond acceptors (Lipinski definition) is 5. The predicted molar refractivity (Wildman–Crippen MR) is 112 cm³/mol. The second-order valence-corrected chi connectivity index (χ2v) is 6.74. The maximum absolute atomic E-state index is 13.4. The van der Waals surface area contributed by atoms with Crippen LogP contribution in [-0.2, 0) is 0 Å².